The van der Waals surface area contributed by atoms with Crippen LogP contribution in [0.3, 0.4) is 0 Å². The van der Waals surface area contributed by atoms with Crippen molar-refractivity contribution in [1.29, 1.82) is 0 Å². The Hall–Kier alpha value is -2.34. The molecule has 0 aliphatic carbocycles. The second kappa shape index (κ2) is 10.5. The minimum Gasteiger partial charge on any atom is -0.374 e. The van der Waals surface area contributed by atoms with Gasteiger partial charge in [-0.3, -0.25) is 4.68 Å². The summed E-state index contributed by atoms with van der Waals surface area (Å²) >= 11 is 0. The lowest BCUT2D eigenvalue weighted by Crippen LogP contribution is -2.38. The van der Waals surface area contributed by atoms with Crippen LogP contribution in [0.1, 0.15) is 37.6 Å². The number of aryl methyl sites for hydroxylation is 1. The minimum atomic E-state index is 0.118. The average Bonchev–Trinajstić information content (AvgIpc) is 3.04. The van der Waals surface area contributed by atoms with Gasteiger partial charge in [0.2, 0.25) is 0 Å². The summed E-state index contributed by atoms with van der Waals surface area (Å²) in [6, 6.07) is 12.3. The van der Waals surface area contributed by atoms with Crippen molar-refractivity contribution >= 4 is 5.96 Å². The van der Waals surface area contributed by atoms with Gasteiger partial charge < -0.3 is 15.4 Å². The third-order valence-electron chi connectivity index (χ3n) is 3.92. The molecule has 2 N–H and O–H groups in total. The molecule has 0 saturated heterocycles. The van der Waals surface area contributed by atoms with Crippen LogP contribution in [-0.2, 0) is 18.3 Å². The summed E-state index contributed by atoms with van der Waals surface area (Å²) in [6.07, 6.45) is 2.83. The van der Waals surface area contributed by atoms with Crippen LogP contribution in [-0.4, -0.2) is 35.4 Å². The van der Waals surface area contributed by atoms with Crippen LogP contribution < -0.4 is 10.6 Å². The summed E-state index contributed by atoms with van der Waals surface area (Å²) < 4.78 is 7.73. The smallest absolute Gasteiger partial charge is 0.191 e. The number of hydrogen-bond donors (Lipinski definition) is 2. The Labute approximate surface area is 150 Å². The molecule has 6 heteroatoms. The van der Waals surface area contributed by atoms with Gasteiger partial charge in [0.15, 0.2) is 5.96 Å². The Balaban J connectivity index is 1.69. The number of hydrogen-bond acceptors (Lipinski definition) is 3. The second-order valence-electron chi connectivity index (χ2n) is 5.85. The van der Waals surface area contributed by atoms with E-state index in [1.807, 2.05) is 36.0 Å². The highest BCUT2D eigenvalue weighted by Gasteiger charge is 2.04. The molecule has 2 aromatic rings. The van der Waals surface area contributed by atoms with E-state index in [1.165, 1.54) is 5.56 Å². The lowest BCUT2D eigenvalue weighted by atomic mass is 10.1. The van der Waals surface area contributed by atoms with Gasteiger partial charge in [-0.2, -0.15) is 5.10 Å². The summed E-state index contributed by atoms with van der Waals surface area (Å²) in [5.41, 5.74) is 2.29. The highest BCUT2D eigenvalue weighted by atomic mass is 16.5. The van der Waals surface area contributed by atoms with Crippen molar-refractivity contribution in [3.8, 4) is 0 Å². The average molecular weight is 343 g/mol. The molecule has 6 nitrogen and oxygen atoms in total. The lowest BCUT2D eigenvalue weighted by molar-refractivity contribution is 0.0646. The predicted octanol–water partition coefficient (Wildman–Crippen LogP) is 2.64. The molecule has 1 atom stereocenters. The highest BCUT2D eigenvalue weighted by molar-refractivity contribution is 5.79. The Morgan fingerprint density at radius 2 is 2.04 bits per heavy atom. The number of nitrogens with one attached hydrogen (secondary N) is 2. The standard InChI is InChI=1S/C19H29N5O/c1-4-20-19(22-15-18-11-13-23-24(18)3)21-12-8-14-25-16(2)17-9-6-5-7-10-17/h5-7,9-11,13,16H,4,8,12,14-15H2,1-3H3,(H2,20,21,22). The molecule has 1 aromatic carbocycles. The van der Waals surface area contributed by atoms with Crippen molar-refractivity contribution in [2.24, 2.45) is 12.0 Å². The fourth-order valence-corrected chi connectivity index (χ4v) is 2.42. The van der Waals surface area contributed by atoms with Crippen LogP contribution in [0.4, 0.5) is 0 Å². The summed E-state index contributed by atoms with van der Waals surface area (Å²) in [5.74, 6) is 0.819. The Bertz CT molecular complexity index is 638. The van der Waals surface area contributed by atoms with E-state index in [-0.39, 0.29) is 6.10 Å². The summed E-state index contributed by atoms with van der Waals surface area (Å²) in [4.78, 5) is 4.59. The molecule has 0 bridgehead atoms. The molecule has 0 aliphatic heterocycles. The van der Waals surface area contributed by atoms with Gasteiger partial charge in [0.25, 0.3) is 0 Å². The molecular weight excluding hydrogens is 314 g/mol. The molecule has 0 aliphatic rings. The molecule has 1 unspecified atom stereocenters. The van der Waals surface area contributed by atoms with Gasteiger partial charge in [-0.25, -0.2) is 4.99 Å². The molecule has 0 amide bonds. The van der Waals surface area contributed by atoms with Crippen LogP contribution >= 0.6 is 0 Å². The number of rotatable bonds is 9. The van der Waals surface area contributed by atoms with Crippen molar-refractivity contribution in [2.45, 2.75) is 32.9 Å². The number of benzene rings is 1. The van der Waals surface area contributed by atoms with Crippen molar-refractivity contribution in [3.05, 3.63) is 53.9 Å². The number of guanidine groups is 1. The molecular formula is C19H29N5O. The van der Waals surface area contributed by atoms with Gasteiger partial charge in [0, 0.05) is 32.9 Å². The van der Waals surface area contributed by atoms with Gasteiger partial charge in [-0.1, -0.05) is 30.3 Å². The molecule has 0 fully saturated rings. The van der Waals surface area contributed by atoms with Gasteiger partial charge in [-0.15, -0.1) is 0 Å². The first kappa shape index (κ1) is 19.0. The molecule has 25 heavy (non-hydrogen) atoms. The fraction of sp³-hybridized carbons (Fsp3) is 0.474. The number of nitrogens with zero attached hydrogens (tertiary/aromatic N) is 3. The first-order chi connectivity index (χ1) is 12.2. The van der Waals surface area contributed by atoms with E-state index >= 15 is 0 Å². The zero-order valence-corrected chi connectivity index (χ0v) is 15.4. The number of aliphatic imine (C=N–C) groups is 1. The van der Waals surface area contributed by atoms with Gasteiger partial charge in [-0.05, 0) is 31.9 Å². The summed E-state index contributed by atoms with van der Waals surface area (Å²) in [5, 5.41) is 10.8. The van der Waals surface area contributed by atoms with Gasteiger partial charge in [0.1, 0.15) is 0 Å². The van der Waals surface area contributed by atoms with Crippen LogP contribution in [0.2, 0.25) is 0 Å². The van der Waals surface area contributed by atoms with E-state index < -0.39 is 0 Å². The van der Waals surface area contributed by atoms with Crippen LogP contribution in [0.15, 0.2) is 47.6 Å². The monoisotopic (exact) mass is 343 g/mol. The van der Waals surface area contributed by atoms with Crippen molar-refractivity contribution in [3.63, 3.8) is 0 Å². The molecule has 1 heterocycles. The highest BCUT2D eigenvalue weighted by Crippen LogP contribution is 2.15. The normalized spacial score (nSPS) is 12.8. The molecule has 1 aromatic heterocycles. The maximum absolute atomic E-state index is 5.89. The quantitative estimate of drug-likeness (QED) is 0.417. The molecule has 136 valence electrons. The largest absolute Gasteiger partial charge is 0.374 e. The third-order valence-corrected chi connectivity index (χ3v) is 3.92. The van der Waals surface area contributed by atoms with E-state index in [9.17, 15) is 0 Å². The maximum atomic E-state index is 5.89. The summed E-state index contributed by atoms with van der Waals surface area (Å²) in [6.45, 7) is 7.11. The van der Waals surface area contributed by atoms with Crippen LogP contribution in [0.5, 0.6) is 0 Å². The van der Waals surface area contributed by atoms with Crippen molar-refractivity contribution in [1.82, 2.24) is 20.4 Å². The first-order valence-corrected chi connectivity index (χ1v) is 8.86. The van der Waals surface area contributed by atoms with Gasteiger partial charge >= 0.3 is 0 Å². The molecule has 2 rings (SSSR count). The molecule has 0 spiro atoms. The molecule has 0 radical (unpaired) electrons. The summed E-state index contributed by atoms with van der Waals surface area (Å²) in [7, 11) is 1.93. The third kappa shape index (κ3) is 6.58. The Morgan fingerprint density at radius 1 is 1.24 bits per heavy atom. The Kier molecular flexibility index (Phi) is 7.98. The second-order valence-corrected chi connectivity index (χ2v) is 5.85. The lowest BCUT2D eigenvalue weighted by Gasteiger charge is -2.14. The van der Waals surface area contributed by atoms with Crippen molar-refractivity contribution < 1.29 is 4.74 Å². The van der Waals surface area contributed by atoms with Gasteiger partial charge in [0.05, 0.1) is 18.3 Å². The number of ether oxygens (including phenoxy) is 1. The topological polar surface area (TPSA) is 63.5 Å². The SMILES string of the molecule is CCNC(=NCc1ccnn1C)NCCCOC(C)c1ccccc1. The maximum Gasteiger partial charge on any atom is 0.191 e. The van der Waals surface area contributed by atoms with Crippen LogP contribution in [0, 0.1) is 0 Å². The first-order valence-electron chi connectivity index (χ1n) is 8.86. The van der Waals surface area contributed by atoms with E-state index in [2.05, 4.69) is 46.7 Å². The van der Waals surface area contributed by atoms with E-state index in [0.29, 0.717) is 13.2 Å². The molecule has 0 saturated carbocycles. The Morgan fingerprint density at radius 3 is 2.72 bits per heavy atom. The zero-order valence-electron chi connectivity index (χ0n) is 15.4. The predicted molar refractivity (Wildman–Crippen MR) is 101 cm³/mol. The fourth-order valence-electron chi connectivity index (χ4n) is 2.42. The number of aromatic nitrogens is 2. The van der Waals surface area contributed by atoms with E-state index in [0.717, 1.165) is 31.2 Å². The zero-order chi connectivity index (χ0) is 17.9. The minimum absolute atomic E-state index is 0.118. The van der Waals surface area contributed by atoms with E-state index in [4.69, 9.17) is 4.74 Å². The van der Waals surface area contributed by atoms with E-state index in [1.54, 1.807) is 6.20 Å². The van der Waals surface area contributed by atoms with Crippen LogP contribution in [0.25, 0.3) is 0 Å². The van der Waals surface area contributed by atoms with Crippen molar-refractivity contribution in [2.75, 3.05) is 19.7 Å².